The van der Waals surface area contributed by atoms with Gasteiger partial charge in [0.05, 0.1) is 5.25 Å². The summed E-state index contributed by atoms with van der Waals surface area (Å²) in [6.45, 7) is 3.80. The number of nitrogens with one attached hydrogen (secondary N) is 1. The molecule has 0 bridgehead atoms. The van der Waals surface area contributed by atoms with Crippen LogP contribution in [0.3, 0.4) is 0 Å². The van der Waals surface area contributed by atoms with Gasteiger partial charge >= 0.3 is 0 Å². The van der Waals surface area contributed by atoms with Gasteiger partial charge < -0.3 is 0 Å². The second-order valence-electron chi connectivity index (χ2n) is 4.95. The van der Waals surface area contributed by atoms with Crippen LogP contribution in [-0.4, -0.2) is 20.2 Å². The third-order valence-corrected chi connectivity index (χ3v) is 5.68. The Balaban J connectivity index is 1.92. The van der Waals surface area contributed by atoms with Gasteiger partial charge in [-0.15, -0.1) is 0 Å². The van der Waals surface area contributed by atoms with Crippen LogP contribution in [0.1, 0.15) is 19.4 Å². The summed E-state index contributed by atoms with van der Waals surface area (Å²) < 4.78 is 25.9. The summed E-state index contributed by atoms with van der Waals surface area (Å²) in [5, 5.41) is 3.79. The zero-order valence-corrected chi connectivity index (χ0v) is 13.3. The standard InChI is InChI=1S/C15H19NO2S2/c1-12(2)20(17,18)16-9-7-13-3-5-14(6-4-13)15-8-10-19-11-15/h3-6,8,10-12,16H,7,9H2,1-2H3. The quantitative estimate of drug-likeness (QED) is 0.890. The molecule has 0 spiro atoms. The number of thiophene rings is 1. The molecule has 2 aromatic rings. The molecule has 0 fully saturated rings. The highest BCUT2D eigenvalue weighted by Gasteiger charge is 2.14. The minimum atomic E-state index is -3.16. The summed E-state index contributed by atoms with van der Waals surface area (Å²) in [4.78, 5) is 0. The molecule has 0 atom stereocenters. The fourth-order valence-corrected chi connectivity index (χ4v) is 3.18. The predicted octanol–water partition coefficient (Wildman–Crippen LogP) is 3.29. The molecule has 3 nitrogen and oxygen atoms in total. The van der Waals surface area contributed by atoms with E-state index in [0.717, 1.165) is 5.56 Å². The van der Waals surface area contributed by atoms with Crippen molar-refractivity contribution < 1.29 is 8.42 Å². The molecule has 0 aliphatic heterocycles. The lowest BCUT2D eigenvalue weighted by Gasteiger charge is -2.09. The van der Waals surface area contributed by atoms with Crippen molar-refractivity contribution in [1.29, 1.82) is 0 Å². The molecule has 2 rings (SSSR count). The highest BCUT2D eigenvalue weighted by molar-refractivity contribution is 7.90. The van der Waals surface area contributed by atoms with Gasteiger partial charge in [-0.05, 0) is 53.8 Å². The first-order valence-electron chi connectivity index (χ1n) is 6.59. The van der Waals surface area contributed by atoms with E-state index in [1.54, 1.807) is 25.2 Å². The van der Waals surface area contributed by atoms with Crippen molar-refractivity contribution in [3.8, 4) is 11.1 Å². The number of hydrogen-bond donors (Lipinski definition) is 1. The molecule has 0 aliphatic carbocycles. The summed E-state index contributed by atoms with van der Waals surface area (Å²) >= 11 is 1.68. The molecule has 20 heavy (non-hydrogen) atoms. The molecular formula is C15H19NO2S2. The highest BCUT2D eigenvalue weighted by Crippen LogP contribution is 2.22. The van der Waals surface area contributed by atoms with Crippen LogP contribution >= 0.6 is 11.3 Å². The van der Waals surface area contributed by atoms with Crippen molar-refractivity contribution in [3.05, 3.63) is 46.7 Å². The van der Waals surface area contributed by atoms with Gasteiger partial charge in [-0.3, -0.25) is 0 Å². The Bertz CT molecular complexity index is 629. The molecule has 0 radical (unpaired) electrons. The molecule has 1 aromatic heterocycles. The van der Waals surface area contributed by atoms with Crippen molar-refractivity contribution in [2.45, 2.75) is 25.5 Å². The number of hydrogen-bond acceptors (Lipinski definition) is 3. The topological polar surface area (TPSA) is 46.2 Å². The van der Waals surface area contributed by atoms with Crippen molar-refractivity contribution >= 4 is 21.4 Å². The third kappa shape index (κ3) is 3.91. The minimum Gasteiger partial charge on any atom is -0.215 e. The molecule has 0 saturated carbocycles. The van der Waals surface area contributed by atoms with Gasteiger partial charge in [-0.1, -0.05) is 24.3 Å². The predicted molar refractivity (Wildman–Crippen MR) is 85.5 cm³/mol. The molecule has 0 amide bonds. The largest absolute Gasteiger partial charge is 0.215 e. The van der Waals surface area contributed by atoms with Crippen molar-refractivity contribution in [3.63, 3.8) is 0 Å². The second-order valence-corrected chi connectivity index (χ2v) is 8.05. The maximum absolute atomic E-state index is 11.6. The Morgan fingerprint density at radius 2 is 1.80 bits per heavy atom. The van der Waals surface area contributed by atoms with E-state index in [-0.39, 0.29) is 5.25 Å². The van der Waals surface area contributed by atoms with Gasteiger partial charge in [0, 0.05) is 6.54 Å². The average molecular weight is 309 g/mol. The van der Waals surface area contributed by atoms with Gasteiger partial charge in [-0.25, -0.2) is 13.1 Å². The van der Waals surface area contributed by atoms with Gasteiger partial charge in [0.25, 0.3) is 0 Å². The zero-order chi connectivity index (χ0) is 14.6. The SMILES string of the molecule is CC(C)S(=O)(=O)NCCc1ccc(-c2ccsc2)cc1. The normalized spacial score (nSPS) is 11.9. The maximum atomic E-state index is 11.6. The smallest absolute Gasteiger partial charge is 0.213 e. The van der Waals surface area contributed by atoms with Crippen LogP contribution in [-0.2, 0) is 16.4 Å². The van der Waals surface area contributed by atoms with E-state index in [4.69, 9.17) is 0 Å². The van der Waals surface area contributed by atoms with E-state index in [0.29, 0.717) is 13.0 Å². The number of sulfonamides is 1. The Hall–Kier alpha value is -1.17. The highest BCUT2D eigenvalue weighted by atomic mass is 32.2. The molecule has 5 heteroatoms. The van der Waals surface area contributed by atoms with Crippen LogP contribution in [0.25, 0.3) is 11.1 Å². The van der Waals surface area contributed by atoms with Crippen LogP contribution in [0.15, 0.2) is 41.1 Å². The Labute approximate surface area is 124 Å². The molecule has 1 heterocycles. The third-order valence-electron chi connectivity index (χ3n) is 3.15. The Kier molecular flexibility index (Phi) is 4.96. The van der Waals surface area contributed by atoms with E-state index in [1.807, 2.05) is 0 Å². The summed E-state index contributed by atoms with van der Waals surface area (Å²) in [5.41, 5.74) is 3.55. The summed E-state index contributed by atoms with van der Waals surface area (Å²) in [6, 6.07) is 10.4. The molecule has 0 aliphatic rings. The van der Waals surface area contributed by atoms with E-state index >= 15 is 0 Å². The first kappa shape index (κ1) is 15.2. The van der Waals surface area contributed by atoms with Crippen molar-refractivity contribution in [2.75, 3.05) is 6.54 Å². The molecule has 1 aromatic carbocycles. The second kappa shape index (κ2) is 6.52. The number of benzene rings is 1. The van der Waals surface area contributed by atoms with E-state index in [9.17, 15) is 8.42 Å². The first-order chi connectivity index (χ1) is 9.49. The van der Waals surface area contributed by atoms with Crippen LogP contribution in [0.4, 0.5) is 0 Å². The lowest BCUT2D eigenvalue weighted by Crippen LogP contribution is -2.32. The molecular weight excluding hydrogens is 290 g/mol. The van der Waals surface area contributed by atoms with Crippen molar-refractivity contribution in [1.82, 2.24) is 4.72 Å². The van der Waals surface area contributed by atoms with Gasteiger partial charge in [0.15, 0.2) is 0 Å². The average Bonchev–Trinajstić information content (AvgIpc) is 2.93. The number of rotatable bonds is 6. The summed E-state index contributed by atoms with van der Waals surface area (Å²) in [7, 11) is -3.16. The van der Waals surface area contributed by atoms with Gasteiger partial charge in [0.1, 0.15) is 0 Å². The molecule has 0 saturated heterocycles. The zero-order valence-electron chi connectivity index (χ0n) is 11.7. The monoisotopic (exact) mass is 309 g/mol. The lowest BCUT2D eigenvalue weighted by atomic mass is 10.1. The van der Waals surface area contributed by atoms with Crippen LogP contribution in [0.5, 0.6) is 0 Å². The summed E-state index contributed by atoms with van der Waals surface area (Å²) in [5.74, 6) is 0. The Morgan fingerprint density at radius 1 is 1.10 bits per heavy atom. The molecule has 0 unspecified atom stereocenters. The Morgan fingerprint density at radius 3 is 2.35 bits per heavy atom. The van der Waals surface area contributed by atoms with Crippen LogP contribution in [0.2, 0.25) is 0 Å². The van der Waals surface area contributed by atoms with E-state index in [1.165, 1.54) is 11.1 Å². The van der Waals surface area contributed by atoms with Crippen LogP contribution in [0, 0.1) is 0 Å². The van der Waals surface area contributed by atoms with Gasteiger partial charge in [-0.2, -0.15) is 11.3 Å². The van der Waals surface area contributed by atoms with E-state index < -0.39 is 10.0 Å². The molecule has 108 valence electrons. The fraction of sp³-hybridized carbons (Fsp3) is 0.333. The van der Waals surface area contributed by atoms with Crippen LogP contribution < -0.4 is 4.72 Å². The minimum absolute atomic E-state index is 0.386. The lowest BCUT2D eigenvalue weighted by molar-refractivity contribution is 0.572. The summed E-state index contributed by atoms with van der Waals surface area (Å²) in [6.07, 6.45) is 0.704. The molecule has 1 N–H and O–H groups in total. The fourth-order valence-electron chi connectivity index (χ4n) is 1.80. The first-order valence-corrected chi connectivity index (χ1v) is 9.08. The van der Waals surface area contributed by atoms with Gasteiger partial charge in [0.2, 0.25) is 10.0 Å². The van der Waals surface area contributed by atoms with E-state index in [2.05, 4.69) is 45.8 Å². The maximum Gasteiger partial charge on any atom is 0.213 e. The van der Waals surface area contributed by atoms with Crippen molar-refractivity contribution in [2.24, 2.45) is 0 Å².